The predicted octanol–water partition coefficient (Wildman–Crippen LogP) is 3.37. The van der Waals surface area contributed by atoms with E-state index >= 15 is 0 Å². The summed E-state index contributed by atoms with van der Waals surface area (Å²) in [5.74, 6) is 0.234. The van der Waals surface area contributed by atoms with Crippen molar-refractivity contribution in [3.05, 3.63) is 64.0 Å². The maximum Gasteiger partial charge on any atom is 0.269 e. The number of anilines is 1. The molecule has 0 saturated carbocycles. The van der Waals surface area contributed by atoms with E-state index in [2.05, 4.69) is 4.98 Å². The molecule has 20 heavy (non-hydrogen) atoms. The molecule has 0 atom stereocenters. The first-order valence-corrected chi connectivity index (χ1v) is 6.58. The van der Waals surface area contributed by atoms with Crippen LogP contribution in [0, 0.1) is 10.1 Å². The highest BCUT2D eigenvalue weighted by Gasteiger charge is 2.13. The van der Waals surface area contributed by atoms with Gasteiger partial charge in [-0.15, -0.1) is 11.6 Å². The average molecular weight is 292 g/mol. The van der Waals surface area contributed by atoms with E-state index in [1.807, 2.05) is 24.1 Å². The molecule has 5 nitrogen and oxygen atoms in total. The number of alkyl halides is 1. The van der Waals surface area contributed by atoms with Gasteiger partial charge in [0.25, 0.3) is 5.69 Å². The summed E-state index contributed by atoms with van der Waals surface area (Å²) >= 11 is 5.90. The molecule has 0 unspecified atom stereocenters. The van der Waals surface area contributed by atoms with Gasteiger partial charge in [-0.25, -0.2) is 0 Å². The first-order chi connectivity index (χ1) is 9.61. The minimum atomic E-state index is -0.414. The summed E-state index contributed by atoms with van der Waals surface area (Å²) in [4.78, 5) is 16.4. The number of nitrogens with zero attached hydrogens (tertiary/aromatic N) is 3. The van der Waals surface area contributed by atoms with Gasteiger partial charge in [0.15, 0.2) is 0 Å². The molecule has 0 aliphatic carbocycles. The Balaban J connectivity index is 2.25. The lowest BCUT2D eigenvalue weighted by Crippen LogP contribution is -2.17. The lowest BCUT2D eigenvalue weighted by atomic mass is 10.1. The third-order valence-corrected chi connectivity index (χ3v) is 3.29. The topological polar surface area (TPSA) is 59.3 Å². The van der Waals surface area contributed by atoms with Crippen LogP contribution < -0.4 is 4.90 Å². The van der Waals surface area contributed by atoms with Gasteiger partial charge in [-0.2, -0.15) is 0 Å². The van der Waals surface area contributed by atoms with E-state index in [1.54, 1.807) is 18.5 Å². The van der Waals surface area contributed by atoms with E-state index in [1.165, 1.54) is 12.1 Å². The van der Waals surface area contributed by atoms with Gasteiger partial charge < -0.3 is 4.90 Å². The van der Waals surface area contributed by atoms with Gasteiger partial charge in [-0.05, 0) is 29.3 Å². The third kappa shape index (κ3) is 3.24. The van der Waals surface area contributed by atoms with E-state index < -0.39 is 4.92 Å². The smallest absolute Gasteiger partial charge is 0.269 e. The molecule has 0 fully saturated rings. The second-order valence-electron chi connectivity index (χ2n) is 4.42. The Hall–Kier alpha value is -2.14. The number of benzene rings is 1. The third-order valence-electron chi connectivity index (χ3n) is 3.00. The molecule has 0 aliphatic rings. The fourth-order valence-corrected chi connectivity index (χ4v) is 2.23. The van der Waals surface area contributed by atoms with Crippen LogP contribution >= 0.6 is 11.6 Å². The molecule has 0 bridgehead atoms. The minimum absolute atomic E-state index is 0.0571. The Morgan fingerprint density at radius 2 is 2.00 bits per heavy atom. The maximum atomic E-state index is 10.8. The van der Waals surface area contributed by atoms with Crippen LogP contribution in [0.5, 0.6) is 0 Å². The highest BCUT2D eigenvalue weighted by molar-refractivity contribution is 6.17. The summed E-state index contributed by atoms with van der Waals surface area (Å²) in [5.41, 5.74) is 2.81. The lowest BCUT2D eigenvalue weighted by molar-refractivity contribution is -0.384. The highest BCUT2D eigenvalue weighted by Crippen LogP contribution is 2.27. The van der Waals surface area contributed by atoms with Gasteiger partial charge in [-0.1, -0.05) is 0 Å². The minimum Gasteiger partial charge on any atom is -0.370 e. The fourth-order valence-electron chi connectivity index (χ4n) is 2.01. The number of nitro benzene ring substituents is 1. The van der Waals surface area contributed by atoms with E-state index in [0.29, 0.717) is 6.54 Å². The number of nitro groups is 1. The molecular weight excluding hydrogens is 278 g/mol. The lowest BCUT2D eigenvalue weighted by Gasteiger charge is -2.21. The molecule has 0 N–H and O–H groups in total. The van der Waals surface area contributed by atoms with Crippen molar-refractivity contribution in [1.82, 2.24) is 4.98 Å². The molecule has 1 heterocycles. The molecule has 0 amide bonds. The van der Waals surface area contributed by atoms with Crippen molar-refractivity contribution in [2.75, 3.05) is 11.9 Å². The Morgan fingerprint density at radius 3 is 2.60 bits per heavy atom. The number of hydrogen-bond donors (Lipinski definition) is 0. The Morgan fingerprint density at radius 1 is 1.30 bits per heavy atom. The van der Waals surface area contributed by atoms with E-state index in [9.17, 15) is 10.1 Å². The molecule has 0 saturated heterocycles. The van der Waals surface area contributed by atoms with Gasteiger partial charge in [0.2, 0.25) is 0 Å². The van der Waals surface area contributed by atoms with Crippen LogP contribution in [0.15, 0.2) is 42.7 Å². The van der Waals surface area contributed by atoms with Crippen molar-refractivity contribution >= 4 is 23.0 Å². The SMILES string of the molecule is CN(Cc1ccncc1)c1ccc([N+](=O)[O-])cc1CCl. The van der Waals surface area contributed by atoms with Gasteiger partial charge in [0.05, 0.1) is 4.92 Å². The van der Waals surface area contributed by atoms with Gasteiger partial charge in [0.1, 0.15) is 0 Å². The summed E-state index contributed by atoms with van der Waals surface area (Å²) in [7, 11) is 1.93. The van der Waals surface area contributed by atoms with Gasteiger partial charge in [-0.3, -0.25) is 15.1 Å². The molecule has 0 spiro atoms. The summed E-state index contributed by atoms with van der Waals surface area (Å²) in [6.07, 6.45) is 3.48. The molecule has 0 radical (unpaired) electrons. The molecule has 0 aliphatic heterocycles. The van der Waals surface area contributed by atoms with Gasteiger partial charge >= 0.3 is 0 Å². The standard InChI is InChI=1S/C14H14ClN3O2/c1-17(10-11-4-6-16-7-5-11)14-3-2-13(18(19)20)8-12(14)9-15/h2-8H,9-10H2,1H3. The summed E-state index contributed by atoms with van der Waals surface area (Å²) in [5, 5.41) is 10.8. The molecule has 2 aromatic rings. The monoisotopic (exact) mass is 291 g/mol. The van der Waals surface area contributed by atoms with Crippen LogP contribution in [0.1, 0.15) is 11.1 Å². The zero-order chi connectivity index (χ0) is 14.5. The van der Waals surface area contributed by atoms with Gasteiger partial charge in [0, 0.05) is 49.7 Å². The van der Waals surface area contributed by atoms with Crippen molar-refractivity contribution in [1.29, 1.82) is 0 Å². The van der Waals surface area contributed by atoms with E-state index in [0.717, 1.165) is 16.8 Å². The first-order valence-electron chi connectivity index (χ1n) is 6.05. The van der Waals surface area contributed by atoms with Crippen LogP contribution in [-0.4, -0.2) is 17.0 Å². The largest absolute Gasteiger partial charge is 0.370 e. The van der Waals surface area contributed by atoms with Crippen LogP contribution in [0.2, 0.25) is 0 Å². The Kier molecular flexibility index (Phi) is 4.53. The van der Waals surface area contributed by atoms with E-state index in [-0.39, 0.29) is 11.6 Å². The normalized spacial score (nSPS) is 10.3. The molecule has 2 rings (SSSR count). The van der Waals surface area contributed by atoms with Crippen molar-refractivity contribution in [2.45, 2.75) is 12.4 Å². The highest BCUT2D eigenvalue weighted by atomic mass is 35.5. The fraction of sp³-hybridized carbons (Fsp3) is 0.214. The molecule has 6 heteroatoms. The Labute approximate surface area is 122 Å². The zero-order valence-corrected chi connectivity index (χ0v) is 11.7. The second-order valence-corrected chi connectivity index (χ2v) is 4.68. The number of halogens is 1. The van der Waals surface area contributed by atoms with Crippen LogP contribution in [0.4, 0.5) is 11.4 Å². The number of rotatable bonds is 5. The number of pyridine rings is 1. The van der Waals surface area contributed by atoms with Crippen molar-refractivity contribution < 1.29 is 4.92 Å². The summed E-state index contributed by atoms with van der Waals surface area (Å²) in [6, 6.07) is 8.61. The zero-order valence-electron chi connectivity index (χ0n) is 11.0. The van der Waals surface area contributed by atoms with Crippen molar-refractivity contribution in [3.8, 4) is 0 Å². The molecule has 1 aromatic heterocycles. The first kappa shape index (κ1) is 14.3. The van der Waals surface area contributed by atoms with Crippen LogP contribution in [0.3, 0.4) is 0 Å². The maximum absolute atomic E-state index is 10.8. The van der Waals surface area contributed by atoms with E-state index in [4.69, 9.17) is 11.6 Å². The van der Waals surface area contributed by atoms with Crippen molar-refractivity contribution in [2.24, 2.45) is 0 Å². The summed E-state index contributed by atoms with van der Waals surface area (Å²) in [6.45, 7) is 0.685. The molecule has 104 valence electrons. The number of non-ortho nitro benzene ring substituents is 1. The quantitative estimate of drug-likeness (QED) is 0.481. The average Bonchev–Trinajstić information content (AvgIpc) is 2.47. The number of aromatic nitrogens is 1. The Bertz CT molecular complexity index is 605. The van der Waals surface area contributed by atoms with Crippen LogP contribution in [-0.2, 0) is 12.4 Å². The van der Waals surface area contributed by atoms with Crippen LogP contribution in [0.25, 0.3) is 0 Å². The predicted molar refractivity (Wildman–Crippen MR) is 79.0 cm³/mol. The molecular formula is C14H14ClN3O2. The summed E-state index contributed by atoms with van der Waals surface area (Å²) < 4.78 is 0. The second kappa shape index (κ2) is 6.34. The molecule has 1 aromatic carbocycles. The van der Waals surface area contributed by atoms with Crippen molar-refractivity contribution in [3.63, 3.8) is 0 Å². The number of hydrogen-bond acceptors (Lipinski definition) is 4.